The third-order valence-electron chi connectivity index (χ3n) is 6.49. The Hall–Kier alpha value is -5.78. The molecule has 0 fully saturated rings. The van der Waals surface area contributed by atoms with E-state index in [-0.39, 0.29) is 23.5 Å². The van der Waals surface area contributed by atoms with E-state index in [9.17, 15) is 28.0 Å². The topological polar surface area (TPSA) is 135 Å². The molecule has 0 atom stereocenters. The molecule has 4 N–H and O–H groups in total. The summed E-state index contributed by atoms with van der Waals surface area (Å²) in [5.41, 5.74) is 2.85. The van der Waals surface area contributed by atoms with Crippen LogP contribution in [0.4, 0.5) is 41.1 Å². The van der Waals surface area contributed by atoms with Gasteiger partial charge in [0.2, 0.25) is 0 Å². The molecule has 0 radical (unpaired) electrons. The maximum atomic E-state index is 12.8. The number of anilines is 4. The number of rotatable bonds is 12. The Morgan fingerprint density at radius 1 is 0.551 bits per heavy atom. The lowest BCUT2D eigenvalue weighted by molar-refractivity contribution is 0.0457. The SMILES string of the molecule is CC(C)COC(=O)c1ccc(NC(=O)Nc2ccc(F)cc2)cc1.CCCCCOC(=O)c1ccc(NC(=O)Nc2ccc(F)cc2)cc1. The number of carbonyl (C=O) groups excluding carboxylic acids is 4. The molecule has 0 heterocycles. The maximum absolute atomic E-state index is 12.8. The van der Waals surface area contributed by atoms with Gasteiger partial charge in [-0.1, -0.05) is 33.6 Å². The molecule has 0 saturated carbocycles. The second kappa shape index (κ2) is 19.8. The zero-order chi connectivity index (χ0) is 35.6. The smallest absolute Gasteiger partial charge is 0.338 e. The van der Waals surface area contributed by atoms with Crippen molar-refractivity contribution < 1.29 is 37.4 Å². The van der Waals surface area contributed by atoms with Crippen molar-refractivity contribution in [3.8, 4) is 0 Å². The standard InChI is InChI=1S/C19H21FN2O3.C18H19FN2O3/c1-2-3-4-13-25-18(23)14-5-9-16(10-6-14)21-19(24)22-17-11-7-15(20)8-12-17;1-12(2)11-24-17(22)13-3-7-15(8-4-13)20-18(23)21-16-9-5-14(19)6-10-16/h5-12H,2-4,13H2,1H3,(H2,21,22,24);3-10,12H,11H2,1-2H3,(H2,20,21,23). The zero-order valence-corrected chi connectivity index (χ0v) is 27.6. The molecule has 4 amide bonds. The number of nitrogens with one attached hydrogen (secondary N) is 4. The van der Waals surface area contributed by atoms with Gasteiger partial charge >= 0.3 is 24.0 Å². The normalized spacial score (nSPS) is 10.2. The van der Waals surface area contributed by atoms with Crippen LogP contribution < -0.4 is 21.3 Å². The van der Waals surface area contributed by atoms with E-state index in [2.05, 4.69) is 28.2 Å². The minimum absolute atomic E-state index is 0.269. The summed E-state index contributed by atoms with van der Waals surface area (Å²) in [6, 6.07) is 22.8. The number of urea groups is 2. The van der Waals surface area contributed by atoms with Crippen molar-refractivity contribution in [1.82, 2.24) is 0 Å². The van der Waals surface area contributed by atoms with E-state index in [1.165, 1.54) is 48.5 Å². The number of hydrogen-bond acceptors (Lipinski definition) is 6. The van der Waals surface area contributed by atoms with Gasteiger partial charge in [-0.2, -0.15) is 0 Å². The summed E-state index contributed by atoms with van der Waals surface area (Å²) >= 11 is 0. The average molecular weight is 675 g/mol. The van der Waals surface area contributed by atoms with Gasteiger partial charge in [0.05, 0.1) is 24.3 Å². The number of unbranched alkanes of at least 4 members (excludes halogenated alkanes) is 2. The van der Waals surface area contributed by atoms with Crippen LogP contribution in [0, 0.1) is 17.6 Å². The van der Waals surface area contributed by atoms with E-state index in [0.29, 0.717) is 47.1 Å². The first-order chi connectivity index (χ1) is 23.5. The van der Waals surface area contributed by atoms with E-state index in [1.807, 2.05) is 13.8 Å². The molecule has 4 aromatic carbocycles. The van der Waals surface area contributed by atoms with Crippen LogP contribution in [-0.4, -0.2) is 37.2 Å². The van der Waals surface area contributed by atoms with Crippen LogP contribution in [0.3, 0.4) is 0 Å². The third kappa shape index (κ3) is 14.3. The Balaban J connectivity index is 0.000000266. The van der Waals surface area contributed by atoms with Crippen molar-refractivity contribution in [3.63, 3.8) is 0 Å². The van der Waals surface area contributed by atoms with E-state index < -0.39 is 18.0 Å². The average Bonchev–Trinajstić information content (AvgIpc) is 3.08. The number of esters is 2. The number of benzene rings is 4. The molecule has 0 spiro atoms. The summed E-state index contributed by atoms with van der Waals surface area (Å²) in [6.45, 7) is 6.77. The highest BCUT2D eigenvalue weighted by Gasteiger charge is 2.10. The number of ether oxygens (including phenoxy) is 2. The highest BCUT2D eigenvalue weighted by molar-refractivity contribution is 6.01. The Morgan fingerprint density at radius 2 is 0.898 bits per heavy atom. The first-order valence-electron chi connectivity index (χ1n) is 15.7. The van der Waals surface area contributed by atoms with Crippen LogP contribution >= 0.6 is 0 Å². The molecule has 10 nitrogen and oxygen atoms in total. The van der Waals surface area contributed by atoms with E-state index in [0.717, 1.165) is 19.3 Å². The fourth-order valence-electron chi connectivity index (χ4n) is 3.96. The molecule has 0 aliphatic heterocycles. The van der Waals surface area contributed by atoms with Crippen molar-refractivity contribution in [3.05, 3.63) is 120 Å². The lowest BCUT2D eigenvalue weighted by Crippen LogP contribution is -2.19. The van der Waals surface area contributed by atoms with Gasteiger partial charge in [-0.3, -0.25) is 0 Å². The van der Waals surface area contributed by atoms with Crippen molar-refractivity contribution in [2.24, 2.45) is 5.92 Å². The van der Waals surface area contributed by atoms with E-state index in [1.54, 1.807) is 48.5 Å². The highest BCUT2D eigenvalue weighted by atomic mass is 19.1. The Morgan fingerprint density at radius 3 is 1.24 bits per heavy atom. The highest BCUT2D eigenvalue weighted by Crippen LogP contribution is 2.15. The van der Waals surface area contributed by atoms with Gasteiger partial charge in [0.25, 0.3) is 0 Å². The van der Waals surface area contributed by atoms with Crippen molar-refractivity contribution in [2.75, 3.05) is 34.5 Å². The van der Waals surface area contributed by atoms with E-state index in [4.69, 9.17) is 9.47 Å². The molecule has 258 valence electrons. The number of amides is 4. The molecule has 4 aromatic rings. The van der Waals surface area contributed by atoms with Gasteiger partial charge in [0.1, 0.15) is 11.6 Å². The molecule has 0 saturated heterocycles. The van der Waals surface area contributed by atoms with Gasteiger partial charge < -0.3 is 30.7 Å². The summed E-state index contributed by atoms with van der Waals surface area (Å²) in [6.07, 6.45) is 2.95. The fourth-order valence-corrected chi connectivity index (χ4v) is 3.96. The van der Waals surface area contributed by atoms with Crippen molar-refractivity contribution in [2.45, 2.75) is 40.0 Å². The molecule has 49 heavy (non-hydrogen) atoms. The second-order valence-electron chi connectivity index (χ2n) is 11.2. The van der Waals surface area contributed by atoms with Gasteiger partial charge in [-0.05, 0) is 109 Å². The minimum Gasteiger partial charge on any atom is -0.462 e. The maximum Gasteiger partial charge on any atom is 0.338 e. The summed E-state index contributed by atoms with van der Waals surface area (Å²) < 4.78 is 35.9. The lowest BCUT2D eigenvalue weighted by atomic mass is 10.2. The lowest BCUT2D eigenvalue weighted by Gasteiger charge is -2.09. The van der Waals surface area contributed by atoms with Crippen molar-refractivity contribution in [1.29, 1.82) is 0 Å². The first kappa shape index (κ1) is 37.7. The predicted octanol–water partition coefficient (Wildman–Crippen LogP) is 9.10. The molecule has 0 aromatic heterocycles. The molecule has 0 unspecified atom stereocenters. The van der Waals surface area contributed by atoms with Crippen LogP contribution in [0.5, 0.6) is 0 Å². The van der Waals surface area contributed by atoms with E-state index >= 15 is 0 Å². The van der Waals surface area contributed by atoms with Crippen LogP contribution in [-0.2, 0) is 9.47 Å². The molecule has 12 heteroatoms. The molecular formula is C37H40F2N4O6. The third-order valence-corrected chi connectivity index (χ3v) is 6.49. The minimum atomic E-state index is -0.461. The quantitative estimate of drug-likeness (QED) is 0.0875. The monoisotopic (exact) mass is 674 g/mol. The summed E-state index contributed by atoms with van der Waals surface area (Å²) in [5, 5.41) is 10.4. The van der Waals surface area contributed by atoms with Crippen LogP contribution in [0.1, 0.15) is 60.7 Å². The van der Waals surface area contributed by atoms with Crippen molar-refractivity contribution >= 4 is 46.8 Å². The fraction of sp³-hybridized carbons (Fsp3) is 0.243. The van der Waals surface area contributed by atoms with Crippen LogP contribution in [0.25, 0.3) is 0 Å². The molecule has 4 rings (SSSR count). The second-order valence-corrected chi connectivity index (χ2v) is 11.2. The Bertz CT molecular complexity index is 1650. The number of hydrogen-bond donors (Lipinski definition) is 4. The summed E-state index contributed by atoms with van der Waals surface area (Å²) in [5.74, 6) is -1.25. The zero-order valence-electron chi connectivity index (χ0n) is 27.6. The largest absolute Gasteiger partial charge is 0.462 e. The number of halogens is 2. The Kier molecular flexibility index (Phi) is 15.2. The summed E-state index contributed by atoms with van der Waals surface area (Å²) in [7, 11) is 0. The number of carbonyl (C=O) groups is 4. The van der Waals surface area contributed by atoms with Gasteiger partial charge in [0.15, 0.2) is 0 Å². The van der Waals surface area contributed by atoms with Crippen LogP contribution in [0.2, 0.25) is 0 Å². The first-order valence-corrected chi connectivity index (χ1v) is 15.7. The molecular weight excluding hydrogens is 634 g/mol. The van der Waals surface area contributed by atoms with Gasteiger partial charge in [-0.25, -0.2) is 28.0 Å². The predicted molar refractivity (Wildman–Crippen MR) is 186 cm³/mol. The molecule has 0 aliphatic rings. The summed E-state index contributed by atoms with van der Waals surface area (Å²) in [4.78, 5) is 47.4. The van der Waals surface area contributed by atoms with Gasteiger partial charge in [0, 0.05) is 22.7 Å². The molecule has 0 aliphatic carbocycles. The van der Waals surface area contributed by atoms with Crippen LogP contribution in [0.15, 0.2) is 97.1 Å². The Labute approximate surface area is 284 Å². The van der Waals surface area contributed by atoms with Gasteiger partial charge in [-0.15, -0.1) is 0 Å². The molecule has 0 bridgehead atoms.